The van der Waals surface area contributed by atoms with Crippen LogP contribution in [0.5, 0.6) is 0 Å². The molecule has 0 heterocycles. The van der Waals surface area contributed by atoms with E-state index < -0.39 is 12.1 Å². The van der Waals surface area contributed by atoms with Gasteiger partial charge in [0, 0.05) is 0 Å². The van der Waals surface area contributed by atoms with Gasteiger partial charge in [0.05, 0.1) is 33.5 Å². The van der Waals surface area contributed by atoms with Crippen molar-refractivity contribution in [3.8, 4) is 0 Å². The quantitative estimate of drug-likeness (QED) is 0.540. The Bertz CT molecular complexity index is 270. The highest BCUT2D eigenvalue weighted by atomic mass is 16.5. The number of carbonyl (C=O) groups excluding carboxylic acids is 1. The maximum atomic E-state index is 11.6. The summed E-state index contributed by atoms with van der Waals surface area (Å²) >= 11 is 0. The third kappa shape index (κ3) is 7.74. The molecule has 0 aliphatic carbocycles. The number of rotatable bonds is 7. The normalized spacial score (nSPS) is 15.1. The third-order valence-corrected chi connectivity index (χ3v) is 2.45. The van der Waals surface area contributed by atoms with Gasteiger partial charge < -0.3 is 14.3 Å². The second-order valence-corrected chi connectivity index (χ2v) is 5.44. The predicted octanol–water partition coefficient (Wildman–Crippen LogP) is 1.13. The number of carboxylic acid groups (broad SMARTS) is 1. The number of carboxylic acids is 1. The largest absolute Gasteiger partial charge is 0.481 e. The summed E-state index contributed by atoms with van der Waals surface area (Å²) in [4.78, 5) is 22.3. The Kier molecular flexibility index (Phi) is 6.16. The molecule has 0 aromatic heterocycles. The standard InChI is InChI=1S/C12H23NO4/c1-6-9(2)12(16)17-10(7-11(14)15)8-13(3,4)5/h9-10H,6-8H2,1-5H3/p+1/t9?,10-/m1/s1. The minimum Gasteiger partial charge on any atom is -0.481 e. The van der Waals surface area contributed by atoms with E-state index in [9.17, 15) is 9.59 Å². The van der Waals surface area contributed by atoms with Crippen LogP contribution in [0.3, 0.4) is 0 Å². The van der Waals surface area contributed by atoms with Crippen LogP contribution in [0.25, 0.3) is 0 Å². The van der Waals surface area contributed by atoms with E-state index in [-0.39, 0.29) is 18.3 Å². The van der Waals surface area contributed by atoms with Crippen LogP contribution in [-0.4, -0.2) is 55.3 Å². The number of nitrogens with zero attached hydrogens (tertiary/aromatic N) is 1. The molecule has 100 valence electrons. The monoisotopic (exact) mass is 246 g/mol. The number of likely N-dealkylation sites (N-methyl/N-ethyl adjacent to an activating group) is 1. The van der Waals surface area contributed by atoms with Gasteiger partial charge in [0.2, 0.25) is 0 Å². The lowest BCUT2D eigenvalue weighted by Crippen LogP contribution is -2.44. The van der Waals surface area contributed by atoms with Gasteiger partial charge >= 0.3 is 11.9 Å². The first-order valence-electron chi connectivity index (χ1n) is 5.88. The van der Waals surface area contributed by atoms with Crippen LogP contribution in [0, 0.1) is 5.92 Å². The summed E-state index contributed by atoms with van der Waals surface area (Å²) in [5, 5.41) is 8.79. The highest BCUT2D eigenvalue weighted by molar-refractivity contribution is 5.73. The third-order valence-electron chi connectivity index (χ3n) is 2.45. The molecule has 1 N–H and O–H groups in total. The number of hydrogen-bond donors (Lipinski definition) is 1. The molecule has 0 bridgehead atoms. The minimum atomic E-state index is -0.944. The number of ether oxygens (including phenoxy) is 1. The molecular weight excluding hydrogens is 222 g/mol. The highest BCUT2D eigenvalue weighted by Crippen LogP contribution is 2.10. The average Bonchev–Trinajstić information content (AvgIpc) is 2.12. The number of hydrogen-bond acceptors (Lipinski definition) is 3. The van der Waals surface area contributed by atoms with Gasteiger partial charge in [-0.1, -0.05) is 13.8 Å². The summed E-state index contributed by atoms with van der Waals surface area (Å²) in [5.74, 6) is -1.44. The van der Waals surface area contributed by atoms with Crippen LogP contribution in [0.15, 0.2) is 0 Å². The molecule has 0 radical (unpaired) electrons. The fourth-order valence-electron chi connectivity index (χ4n) is 1.40. The first kappa shape index (κ1) is 15.9. The molecule has 0 rings (SSSR count). The van der Waals surface area contributed by atoms with Crippen LogP contribution >= 0.6 is 0 Å². The van der Waals surface area contributed by atoms with Crippen molar-refractivity contribution in [1.82, 2.24) is 0 Å². The molecule has 17 heavy (non-hydrogen) atoms. The van der Waals surface area contributed by atoms with Gasteiger partial charge in [0.25, 0.3) is 0 Å². The summed E-state index contributed by atoms with van der Waals surface area (Å²) in [6.45, 7) is 4.18. The Balaban J connectivity index is 4.48. The summed E-state index contributed by atoms with van der Waals surface area (Å²) in [6, 6.07) is 0. The van der Waals surface area contributed by atoms with E-state index in [1.165, 1.54) is 0 Å². The Hall–Kier alpha value is -1.10. The zero-order valence-corrected chi connectivity index (χ0v) is 11.4. The molecule has 0 saturated heterocycles. The molecule has 2 atom stereocenters. The molecule has 0 aliphatic heterocycles. The summed E-state index contributed by atoms with van der Waals surface area (Å²) < 4.78 is 5.82. The first-order valence-corrected chi connectivity index (χ1v) is 5.88. The van der Waals surface area contributed by atoms with Crippen molar-refractivity contribution in [1.29, 1.82) is 0 Å². The van der Waals surface area contributed by atoms with Crippen LogP contribution in [0.2, 0.25) is 0 Å². The predicted molar refractivity (Wildman–Crippen MR) is 64.5 cm³/mol. The lowest BCUT2D eigenvalue weighted by Gasteiger charge is -2.28. The van der Waals surface area contributed by atoms with Gasteiger partial charge in [-0.25, -0.2) is 0 Å². The average molecular weight is 246 g/mol. The maximum absolute atomic E-state index is 11.6. The molecule has 1 unspecified atom stereocenters. The first-order chi connectivity index (χ1) is 7.65. The van der Waals surface area contributed by atoms with Crippen LogP contribution in [-0.2, 0) is 14.3 Å². The van der Waals surface area contributed by atoms with Gasteiger partial charge in [0.15, 0.2) is 6.10 Å². The van der Waals surface area contributed by atoms with Gasteiger partial charge in [0.1, 0.15) is 6.54 Å². The molecule has 0 aliphatic rings. The van der Waals surface area contributed by atoms with Gasteiger partial charge in [-0.2, -0.15) is 0 Å². The molecule has 0 amide bonds. The lowest BCUT2D eigenvalue weighted by molar-refractivity contribution is -0.873. The highest BCUT2D eigenvalue weighted by Gasteiger charge is 2.26. The molecule has 0 fully saturated rings. The molecular formula is C12H24NO4+. The van der Waals surface area contributed by atoms with Crippen molar-refractivity contribution < 1.29 is 23.9 Å². The summed E-state index contributed by atoms with van der Waals surface area (Å²) in [5.41, 5.74) is 0. The van der Waals surface area contributed by atoms with Crippen LogP contribution < -0.4 is 0 Å². The van der Waals surface area contributed by atoms with E-state index in [1.807, 2.05) is 28.1 Å². The lowest BCUT2D eigenvalue weighted by atomic mass is 10.1. The number of quaternary nitrogens is 1. The topological polar surface area (TPSA) is 63.6 Å². The van der Waals surface area contributed by atoms with Crippen molar-refractivity contribution in [3.63, 3.8) is 0 Å². The second kappa shape index (κ2) is 6.59. The smallest absolute Gasteiger partial charge is 0.309 e. The van der Waals surface area contributed by atoms with Crippen LogP contribution in [0.4, 0.5) is 0 Å². The van der Waals surface area contributed by atoms with E-state index in [2.05, 4.69) is 0 Å². The zero-order chi connectivity index (χ0) is 13.6. The number of carbonyl (C=O) groups is 2. The van der Waals surface area contributed by atoms with Crippen molar-refractivity contribution in [3.05, 3.63) is 0 Å². The van der Waals surface area contributed by atoms with Crippen molar-refractivity contribution in [2.24, 2.45) is 5.92 Å². The Labute approximate surface area is 103 Å². The van der Waals surface area contributed by atoms with Crippen molar-refractivity contribution >= 4 is 11.9 Å². The summed E-state index contributed by atoms with van der Waals surface area (Å²) in [6.07, 6.45) is -0.00487. The Morgan fingerprint density at radius 3 is 2.18 bits per heavy atom. The van der Waals surface area contributed by atoms with E-state index in [1.54, 1.807) is 6.92 Å². The molecule has 5 heteroatoms. The zero-order valence-electron chi connectivity index (χ0n) is 11.4. The van der Waals surface area contributed by atoms with Gasteiger partial charge in [-0.15, -0.1) is 0 Å². The Morgan fingerprint density at radius 1 is 1.29 bits per heavy atom. The van der Waals surface area contributed by atoms with E-state index in [0.717, 1.165) is 0 Å². The molecule has 0 saturated carbocycles. The Morgan fingerprint density at radius 2 is 1.82 bits per heavy atom. The van der Waals surface area contributed by atoms with Gasteiger partial charge in [-0.3, -0.25) is 9.59 Å². The number of esters is 1. The van der Waals surface area contributed by atoms with E-state index in [4.69, 9.17) is 9.84 Å². The van der Waals surface area contributed by atoms with Crippen molar-refractivity contribution in [2.45, 2.75) is 32.8 Å². The van der Waals surface area contributed by atoms with Crippen LogP contribution in [0.1, 0.15) is 26.7 Å². The minimum absolute atomic E-state index is 0.141. The second-order valence-electron chi connectivity index (χ2n) is 5.44. The fraction of sp³-hybridized carbons (Fsp3) is 0.833. The summed E-state index contributed by atoms with van der Waals surface area (Å²) in [7, 11) is 5.81. The SMILES string of the molecule is CCC(C)C(=O)O[C@H](CC(=O)O)C[N+](C)(C)C. The number of aliphatic carboxylic acids is 1. The molecule has 0 aromatic rings. The molecule has 0 spiro atoms. The molecule has 0 aromatic carbocycles. The van der Waals surface area contributed by atoms with Gasteiger partial charge in [-0.05, 0) is 6.42 Å². The maximum Gasteiger partial charge on any atom is 0.309 e. The van der Waals surface area contributed by atoms with E-state index in [0.29, 0.717) is 17.4 Å². The fourth-order valence-corrected chi connectivity index (χ4v) is 1.40. The van der Waals surface area contributed by atoms with Crippen molar-refractivity contribution in [2.75, 3.05) is 27.7 Å². The molecule has 5 nitrogen and oxygen atoms in total. The van der Waals surface area contributed by atoms with E-state index >= 15 is 0 Å².